The van der Waals surface area contributed by atoms with Crippen molar-refractivity contribution in [2.45, 2.75) is 0 Å². The van der Waals surface area contributed by atoms with Gasteiger partial charge in [-0.05, 0) is 0 Å². The first-order chi connectivity index (χ1) is 4.73. The van der Waals surface area contributed by atoms with E-state index in [0.717, 1.165) is 0 Å². The van der Waals surface area contributed by atoms with Crippen LogP contribution >= 0.6 is 0 Å². The van der Waals surface area contributed by atoms with Crippen molar-refractivity contribution in [1.29, 1.82) is 0 Å². The Bertz CT molecular complexity index is 188. The second kappa shape index (κ2) is 9.62. The first-order valence-corrected chi connectivity index (χ1v) is 3.46. The Morgan fingerprint density at radius 2 is 1.45 bits per heavy atom. The molecule has 0 radical (unpaired) electrons. The van der Waals surface area contributed by atoms with E-state index in [2.05, 4.69) is 6.07 Å². The SMILES string of the molecule is O=[S-](=O)O.[Ni+2].[c-]1ccccc1. The van der Waals surface area contributed by atoms with Gasteiger partial charge in [-0.3, -0.25) is 0 Å². The Morgan fingerprint density at radius 1 is 1.09 bits per heavy atom. The van der Waals surface area contributed by atoms with Crippen molar-refractivity contribution in [3.63, 3.8) is 0 Å². The van der Waals surface area contributed by atoms with Crippen molar-refractivity contribution in [1.82, 2.24) is 0 Å². The maximum atomic E-state index is 8.56. The minimum absolute atomic E-state index is 0. The van der Waals surface area contributed by atoms with Crippen molar-refractivity contribution in [3.8, 4) is 0 Å². The summed E-state index contributed by atoms with van der Waals surface area (Å²) in [5.41, 5.74) is 0. The van der Waals surface area contributed by atoms with Gasteiger partial charge in [-0.2, -0.15) is 36.4 Å². The molecule has 0 fully saturated rings. The molecule has 0 aliphatic heterocycles. The molecule has 64 valence electrons. The van der Waals surface area contributed by atoms with E-state index in [1.165, 1.54) is 0 Å². The normalized spacial score (nSPS) is 7.45. The molecule has 5 heteroatoms. The summed E-state index contributed by atoms with van der Waals surface area (Å²) >= 11 is 0. The fourth-order valence-electron chi connectivity index (χ4n) is 0.342. The van der Waals surface area contributed by atoms with E-state index in [-0.39, 0.29) is 16.5 Å². The van der Waals surface area contributed by atoms with Crippen molar-refractivity contribution < 1.29 is 29.5 Å². The molecular weight excluding hydrogens is 211 g/mol. The molecule has 1 aromatic rings. The van der Waals surface area contributed by atoms with Gasteiger partial charge in [0.15, 0.2) is 0 Å². The fraction of sp³-hybridized carbons (Fsp3) is 0. The van der Waals surface area contributed by atoms with Crippen LogP contribution in [0.5, 0.6) is 0 Å². The van der Waals surface area contributed by atoms with Crippen LogP contribution in [0.25, 0.3) is 0 Å². The van der Waals surface area contributed by atoms with Crippen molar-refractivity contribution in [3.05, 3.63) is 36.4 Å². The summed E-state index contributed by atoms with van der Waals surface area (Å²) in [7, 11) is -2.86. The third-order valence-corrected chi connectivity index (χ3v) is 0.607. The summed E-state index contributed by atoms with van der Waals surface area (Å²) in [4.78, 5) is 0. The first kappa shape index (κ1) is 13.2. The van der Waals surface area contributed by atoms with Gasteiger partial charge in [0.25, 0.3) is 0 Å². The summed E-state index contributed by atoms with van der Waals surface area (Å²) in [6, 6.07) is 12.5. The summed E-state index contributed by atoms with van der Waals surface area (Å²) < 4.78 is 24.1. The number of benzene rings is 1. The van der Waals surface area contributed by atoms with Gasteiger partial charge in [0, 0.05) is 11.0 Å². The van der Waals surface area contributed by atoms with Crippen LogP contribution in [0.2, 0.25) is 0 Å². The Morgan fingerprint density at radius 3 is 1.55 bits per heavy atom. The summed E-state index contributed by atoms with van der Waals surface area (Å²) in [6.07, 6.45) is 0. The fourth-order valence-corrected chi connectivity index (χ4v) is 0.342. The molecule has 0 aliphatic rings. The summed E-state index contributed by atoms with van der Waals surface area (Å²) in [5, 5.41) is 0. The zero-order chi connectivity index (χ0) is 7.82. The monoisotopic (exact) mass is 216 g/mol. The van der Waals surface area contributed by atoms with Crippen LogP contribution in [0.3, 0.4) is 0 Å². The van der Waals surface area contributed by atoms with Gasteiger partial charge in [-0.25, -0.2) is 0 Å². The average molecular weight is 217 g/mol. The predicted octanol–water partition coefficient (Wildman–Crippen LogP) is 1.25. The van der Waals surface area contributed by atoms with Gasteiger partial charge < -0.3 is 13.0 Å². The van der Waals surface area contributed by atoms with Gasteiger partial charge in [0.2, 0.25) is 0 Å². The van der Waals surface area contributed by atoms with Crippen LogP contribution in [0.1, 0.15) is 0 Å². The largest absolute Gasteiger partial charge is 2.00 e. The summed E-state index contributed by atoms with van der Waals surface area (Å²) in [5.74, 6) is 0. The molecule has 0 spiro atoms. The molecule has 0 saturated heterocycles. The van der Waals surface area contributed by atoms with Crippen molar-refractivity contribution in [2.75, 3.05) is 0 Å². The molecule has 0 aromatic heterocycles. The molecule has 0 saturated carbocycles. The standard InChI is InChI=1S/C6H5.Ni.HO3S/c1-2-4-6-5-3-1;;1-4(2)3/h1-5H;;(H,1,2,3)/q-1;+2;-1. The summed E-state index contributed by atoms with van der Waals surface area (Å²) in [6.45, 7) is 0. The third kappa shape index (κ3) is 17.7. The molecule has 11 heavy (non-hydrogen) atoms. The second-order valence-corrected chi connectivity index (χ2v) is 1.73. The van der Waals surface area contributed by atoms with E-state index in [4.69, 9.17) is 13.0 Å². The van der Waals surface area contributed by atoms with Crippen LogP contribution in [0.15, 0.2) is 30.3 Å². The molecule has 0 unspecified atom stereocenters. The van der Waals surface area contributed by atoms with E-state index in [1.807, 2.05) is 30.3 Å². The van der Waals surface area contributed by atoms with Gasteiger partial charge in [-0.15, -0.1) is 0 Å². The number of hydrogen-bond donors (Lipinski definition) is 1. The molecule has 1 aromatic carbocycles. The van der Waals surface area contributed by atoms with Gasteiger partial charge in [-0.1, -0.05) is 0 Å². The first-order valence-electron chi connectivity index (χ1n) is 2.43. The Labute approximate surface area is 77.1 Å². The van der Waals surface area contributed by atoms with Crippen molar-refractivity contribution >= 4 is 11.0 Å². The predicted molar refractivity (Wildman–Crippen MR) is 36.6 cm³/mol. The van der Waals surface area contributed by atoms with Gasteiger partial charge in [0.1, 0.15) is 0 Å². The quantitative estimate of drug-likeness (QED) is 0.234. The molecular formula is C6H6NiO3S. The van der Waals surface area contributed by atoms with Crippen molar-refractivity contribution in [2.24, 2.45) is 0 Å². The van der Waals surface area contributed by atoms with E-state index >= 15 is 0 Å². The molecule has 1 rings (SSSR count). The zero-order valence-corrected chi connectivity index (χ0v) is 7.18. The van der Waals surface area contributed by atoms with Crippen LogP contribution in [0.4, 0.5) is 0 Å². The third-order valence-electron chi connectivity index (χ3n) is 0.607. The van der Waals surface area contributed by atoms with Gasteiger partial charge in [0.05, 0.1) is 0 Å². The topological polar surface area (TPSA) is 54.4 Å². The molecule has 0 aliphatic carbocycles. The Balaban J connectivity index is 0. The minimum Gasteiger partial charge on any atom is -0.439 e. The molecule has 0 heterocycles. The van der Waals surface area contributed by atoms with Crippen LogP contribution < -0.4 is 0 Å². The molecule has 3 nitrogen and oxygen atoms in total. The van der Waals surface area contributed by atoms with E-state index in [1.54, 1.807) is 0 Å². The maximum absolute atomic E-state index is 8.56. The van der Waals surface area contributed by atoms with E-state index in [0.29, 0.717) is 0 Å². The molecule has 0 amide bonds. The number of hydrogen-bond acceptors (Lipinski definition) is 3. The zero-order valence-electron chi connectivity index (χ0n) is 5.37. The number of rotatable bonds is 0. The van der Waals surface area contributed by atoms with Crippen LogP contribution in [-0.2, 0) is 35.9 Å². The van der Waals surface area contributed by atoms with E-state index in [9.17, 15) is 0 Å². The Hall–Kier alpha value is -0.376. The molecule has 0 atom stereocenters. The second-order valence-electron chi connectivity index (χ2n) is 1.29. The molecule has 0 bridgehead atoms. The minimum atomic E-state index is -2.86. The van der Waals surface area contributed by atoms with E-state index < -0.39 is 11.0 Å². The maximum Gasteiger partial charge on any atom is 2.00 e. The average Bonchev–Trinajstić information content (AvgIpc) is 1.90. The van der Waals surface area contributed by atoms with Crippen LogP contribution in [-0.4, -0.2) is 4.55 Å². The van der Waals surface area contributed by atoms with Gasteiger partial charge >= 0.3 is 16.5 Å². The smallest absolute Gasteiger partial charge is 0.439 e. The Kier molecular flexibility index (Phi) is 11.6. The van der Waals surface area contributed by atoms with Crippen LogP contribution in [0, 0.1) is 6.07 Å². The molecule has 1 N–H and O–H groups in total.